The first-order chi connectivity index (χ1) is 8.21. The van der Waals surface area contributed by atoms with E-state index < -0.39 is 0 Å². The first kappa shape index (κ1) is 14.0. The quantitative estimate of drug-likeness (QED) is 0.764. The average molecular weight is 237 g/mol. The highest BCUT2D eigenvalue weighted by molar-refractivity contribution is 5.77. The minimum Gasteiger partial charge on any atom is -0.343 e. The van der Waals surface area contributed by atoms with Gasteiger partial charge in [-0.3, -0.25) is 10.1 Å². The number of carbonyl (C=O) groups excluding carboxylic acids is 1. The van der Waals surface area contributed by atoms with Gasteiger partial charge in [0.15, 0.2) is 0 Å². The standard InChI is InChI=1S/C13H23N3O/c1-3-16(4-2)13(17)9-12(10-14)15-11-7-5-6-8-11/h11-12,15H,3-9H2,1-2H3. The van der Waals surface area contributed by atoms with Crippen molar-refractivity contribution in [2.24, 2.45) is 0 Å². The largest absolute Gasteiger partial charge is 0.343 e. The van der Waals surface area contributed by atoms with Crippen LogP contribution in [0.4, 0.5) is 0 Å². The zero-order chi connectivity index (χ0) is 12.7. The lowest BCUT2D eigenvalue weighted by atomic mass is 10.1. The molecule has 0 aromatic carbocycles. The van der Waals surface area contributed by atoms with E-state index >= 15 is 0 Å². The molecule has 1 aliphatic rings. The second-order valence-corrected chi connectivity index (χ2v) is 4.60. The van der Waals surface area contributed by atoms with Crippen LogP contribution in [0, 0.1) is 11.3 Å². The number of hydrogen-bond acceptors (Lipinski definition) is 3. The lowest BCUT2D eigenvalue weighted by Gasteiger charge is -2.22. The van der Waals surface area contributed by atoms with Gasteiger partial charge < -0.3 is 4.90 Å². The van der Waals surface area contributed by atoms with Crippen molar-refractivity contribution in [3.05, 3.63) is 0 Å². The van der Waals surface area contributed by atoms with Gasteiger partial charge in [0.25, 0.3) is 0 Å². The highest BCUT2D eigenvalue weighted by Gasteiger charge is 2.22. The molecule has 1 saturated carbocycles. The Morgan fingerprint density at radius 1 is 1.41 bits per heavy atom. The van der Waals surface area contributed by atoms with Gasteiger partial charge in [-0.2, -0.15) is 5.26 Å². The van der Waals surface area contributed by atoms with Crippen molar-refractivity contribution in [3.8, 4) is 6.07 Å². The molecule has 1 amide bonds. The Labute approximate surface area is 104 Å². The molecule has 0 saturated heterocycles. The molecule has 96 valence electrons. The van der Waals surface area contributed by atoms with Crippen LogP contribution in [0.1, 0.15) is 46.0 Å². The van der Waals surface area contributed by atoms with Crippen molar-refractivity contribution in [2.45, 2.75) is 58.0 Å². The van der Waals surface area contributed by atoms with Crippen molar-refractivity contribution in [1.82, 2.24) is 10.2 Å². The fraction of sp³-hybridized carbons (Fsp3) is 0.846. The number of nitriles is 1. The average Bonchev–Trinajstić information content (AvgIpc) is 2.82. The van der Waals surface area contributed by atoms with Crippen molar-refractivity contribution < 1.29 is 4.79 Å². The molecule has 4 heteroatoms. The number of nitrogens with zero attached hydrogens (tertiary/aromatic N) is 2. The third-order valence-corrected chi connectivity index (χ3v) is 3.44. The molecule has 0 bridgehead atoms. The van der Waals surface area contributed by atoms with Gasteiger partial charge >= 0.3 is 0 Å². The highest BCUT2D eigenvalue weighted by atomic mass is 16.2. The Morgan fingerprint density at radius 3 is 2.47 bits per heavy atom. The summed E-state index contributed by atoms with van der Waals surface area (Å²) >= 11 is 0. The van der Waals surface area contributed by atoms with Crippen LogP contribution < -0.4 is 5.32 Å². The molecule has 1 atom stereocenters. The fourth-order valence-electron chi connectivity index (χ4n) is 2.40. The van der Waals surface area contributed by atoms with Crippen LogP contribution in [0.15, 0.2) is 0 Å². The minimum atomic E-state index is -0.328. The number of rotatable bonds is 6. The Kier molecular flexibility index (Phi) is 5.99. The van der Waals surface area contributed by atoms with Crippen molar-refractivity contribution >= 4 is 5.91 Å². The molecule has 0 aromatic rings. The van der Waals surface area contributed by atoms with Crippen molar-refractivity contribution in [1.29, 1.82) is 5.26 Å². The molecule has 4 nitrogen and oxygen atoms in total. The Morgan fingerprint density at radius 2 is 2.00 bits per heavy atom. The van der Waals surface area contributed by atoms with E-state index in [4.69, 9.17) is 5.26 Å². The fourth-order valence-corrected chi connectivity index (χ4v) is 2.40. The normalized spacial score (nSPS) is 17.7. The monoisotopic (exact) mass is 237 g/mol. The second kappa shape index (κ2) is 7.29. The maximum atomic E-state index is 11.9. The van der Waals surface area contributed by atoms with E-state index in [-0.39, 0.29) is 11.9 Å². The van der Waals surface area contributed by atoms with Crippen molar-refractivity contribution in [3.63, 3.8) is 0 Å². The lowest BCUT2D eigenvalue weighted by Crippen LogP contribution is -2.41. The maximum Gasteiger partial charge on any atom is 0.225 e. The van der Waals surface area contributed by atoms with E-state index in [2.05, 4.69) is 11.4 Å². The third kappa shape index (κ3) is 4.35. The van der Waals surface area contributed by atoms with E-state index in [1.165, 1.54) is 12.8 Å². The molecule has 1 unspecified atom stereocenters. The van der Waals surface area contributed by atoms with Crippen LogP contribution in [0.5, 0.6) is 0 Å². The summed E-state index contributed by atoms with van der Waals surface area (Å²) in [6.45, 7) is 5.37. The molecule has 1 aliphatic carbocycles. The lowest BCUT2D eigenvalue weighted by molar-refractivity contribution is -0.131. The molecule has 0 aliphatic heterocycles. The summed E-state index contributed by atoms with van der Waals surface area (Å²) in [4.78, 5) is 13.7. The zero-order valence-corrected chi connectivity index (χ0v) is 10.9. The Balaban J connectivity index is 2.40. The molecular weight excluding hydrogens is 214 g/mol. The van der Waals surface area contributed by atoms with Gasteiger partial charge in [-0.05, 0) is 26.7 Å². The van der Waals surface area contributed by atoms with Crippen LogP contribution in [0.3, 0.4) is 0 Å². The predicted molar refractivity (Wildman–Crippen MR) is 67.3 cm³/mol. The van der Waals surface area contributed by atoms with Crippen LogP contribution in [0.2, 0.25) is 0 Å². The van der Waals surface area contributed by atoms with Gasteiger partial charge in [-0.15, -0.1) is 0 Å². The van der Waals surface area contributed by atoms with Crippen LogP contribution in [-0.2, 0) is 4.79 Å². The van der Waals surface area contributed by atoms with Gasteiger partial charge in [0, 0.05) is 19.1 Å². The van der Waals surface area contributed by atoms with Crippen LogP contribution >= 0.6 is 0 Å². The highest BCUT2D eigenvalue weighted by Crippen LogP contribution is 2.18. The van der Waals surface area contributed by atoms with Crippen LogP contribution in [-0.4, -0.2) is 36.0 Å². The number of carbonyl (C=O) groups is 1. The summed E-state index contributed by atoms with van der Waals surface area (Å²) in [7, 11) is 0. The number of hydrogen-bond donors (Lipinski definition) is 1. The molecular formula is C13H23N3O. The molecule has 1 N–H and O–H groups in total. The Hall–Kier alpha value is -1.08. The summed E-state index contributed by atoms with van der Waals surface area (Å²) in [6.07, 6.45) is 5.05. The second-order valence-electron chi connectivity index (χ2n) is 4.60. The van der Waals surface area contributed by atoms with Crippen LogP contribution in [0.25, 0.3) is 0 Å². The molecule has 0 aromatic heterocycles. The van der Waals surface area contributed by atoms with Gasteiger partial charge in [0.1, 0.15) is 6.04 Å². The van der Waals surface area contributed by atoms with E-state index in [1.54, 1.807) is 4.90 Å². The summed E-state index contributed by atoms with van der Waals surface area (Å²) in [5.41, 5.74) is 0. The first-order valence-corrected chi connectivity index (χ1v) is 6.64. The SMILES string of the molecule is CCN(CC)C(=O)CC(C#N)NC1CCCC1. The van der Waals surface area contributed by atoms with Gasteiger partial charge in [0.05, 0.1) is 12.5 Å². The molecule has 17 heavy (non-hydrogen) atoms. The maximum absolute atomic E-state index is 11.9. The molecule has 0 heterocycles. The number of nitrogens with one attached hydrogen (secondary N) is 1. The summed E-state index contributed by atoms with van der Waals surface area (Å²) < 4.78 is 0. The minimum absolute atomic E-state index is 0.0760. The van der Waals surface area contributed by atoms with Gasteiger partial charge in [-0.1, -0.05) is 12.8 Å². The van der Waals surface area contributed by atoms with E-state index in [0.717, 1.165) is 25.9 Å². The number of amides is 1. The summed E-state index contributed by atoms with van der Waals surface area (Å²) in [6, 6.07) is 2.31. The molecule has 0 spiro atoms. The summed E-state index contributed by atoms with van der Waals surface area (Å²) in [5, 5.41) is 12.4. The molecule has 1 rings (SSSR count). The van der Waals surface area contributed by atoms with E-state index in [0.29, 0.717) is 12.5 Å². The molecule has 1 fully saturated rings. The topological polar surface area (TPSA) is 56.1 Å². The molecule has 0 radical (unpaired) electrons. The zero-order valence-electron chi connectivity index (χ0n) is 10.9. The van der Waals surface area contributed by atoms with Gasteiger partial charge in [-0.25, -0.2) is 0 Å². The van der Waals surface area contributed by atoms with Crippen molar-refractivity contribution in [2.75, 3.05) is 13.1 Å². The summed E-state index contributed by atoms with van der Waals surface area (Å²) in [5.74, 6) is 0.0760. The van der Waals surface area contributed by atoms with E-state index in [1.807, 2.05) is 13.8 Å². The first-order valence-electron chi connectivity index (χ1n) is 6.64. The smallest absolute Gasteiger partial charge is 0.225 e. The predicted octanol–water partition coefficient (Wildman–Crippen LogP) is 1.67. The van der Waals surface area contributed by atoms with Gasteiger partial charge in [0.2, 0.25) is 5.91 Å². The third-order valence-electron chi connectivity index (χ3n) is 3.44. The Bertz CT molecular complexity index is 275. The van der Waals surface area contributed by atoms with E-state index in [9.17, 15) is 4.79 Å².